The molecule has 2 bridgehead atoms. The molecule has 13 nitrogen and oxygen atoms in total. The zero-order valence-electron chi connectivity index (χ0n) is 34.7. The Kier molecular flexibility index (Phi) is 11.4. The highest BCUT2D eigenvalue weighted by Gasteiger charge is 2.76. The molecule has 6 rings (SSSR count). The molecule has 314 valence electrons. The number of benzene rings is 2. The lowest BCUT2D eigenvalue weighted by molar-refractivity contribution is -0.339. The van der Waals surface area contributed by atoms with Crippen LogP contribution in [0.5, 0.6) is 0 Å². The van der Waals surface area contributed by atoms with Crippen molar-refractivity contribution in [1.82, 2.24) is 5.32 Å². The van der Waals surface area contributed by atoms with Crippen molar-refractivity contribution in [2.45, 2.75) is 129 Å². The van der Waals surface area contributed by atoms with E-state index in [4.69, 9.17) is 18.9 Å². The number of ether oxygens (including phenoxy) is 4. The van der Waals surface area contributed by atoms with Gasteiger partial charge in [-0.05, 0) is 58.3 Å². The first kappa shape index (κ1) is 43.2. The fourth-order valence-corrected chi connectivity index (χ4v) is 10.4. The quantitative estimate of drug-likeness (QED) is 0.112. The fourth-order valence-electron chi connectivity index (χ4n) is 10.4. The maximum absolute atomic E-state index is 15.0. The third-order valence-corrected chi connectivity index (χ3v) is 13.4. The van der Waals surface area contributed by atoms with E-state index in [0.717, 1.165) is 0 Å². The molecule has 11 atom stereocenters. The zero-order chi connectivity index (χ0) is 42.7. The Hall–Kier alpha value is -4.43. The number of ketones is 2. The highest BCUT2D eigenvalue weighted by atomic mass is 16.6. The lowest BCUT2D eigenvalue weighted by Gasteiger charge is -2.68. The topological polar surface area (TPSA) is 195 Å². The largest absolute Gasteiger partial charge is 0.457 e. The number of rotatable bonds is 9. The van der Waals surface area contributed by atoms with E-state index in [1.54, 1.807) is 109 Å². The lowest BCUT2D eigenvalue weighted by Crippen LogP contribution is -2.80. The number of carbonyl (C=O) groups is 5. The monoisotopic (exact) mass is 803 g/mol. The second-order valence-electron chi connectivity index (χ2n) is 18.3. The van der Waals surface area contributed by atoms with Crippen molar-refractivity contribution in [2.75, 3.05) is 6.61 Å². The van der Waals surface area contributed by atoms with Crippen LogP contribution in [0.3, 0.4) is 0 Å². The summed E-state index contributed by atoms with van der Waals surface area (Å²) < 4.78 is 23.8. The van der Waals surface area contributed by atoms with Gasteiger partial charge in [0.05, 0.1) is 35.7 Å². The molecule has 4 aliphatic rings. The minimum Gasteiger partial charge on any atom is -0.457 e. The highest BCUT2D eigenvalue weighted by Crippen LogP contribution is 2.66. The van der Waals surface area contributed by atoms with Gasteiger partial charge in [0.15, 0.2) is 17.2 Å². The predicted octanol–water partition coefficient (Wildman–Crippen LogP) is 5.20. The molecule has 1 amide bonds. The van der Waals surface area contributed by atoms with Gasteiger partial charge in [-0.25, -0.2) is 4.79 Å². The van der Waals surface area contributed by atoms with Gasteiger partial charge in [-0.2, -0.15) is 0 Å². The van der Waals surface area contributed by atoms with Crippen molar-refractivity contribution in [1.29, 1.82) is 0 Å². The summed E-state index contributed by atoms with van der Waals surface area (Å²) in [6, 6.07) is 16.4. The van der Waals surface area contributed by atoms with Gasteiger partial charge >= 0.3 is 18.0 Å². The van der Waals surface area contributed by atoms with Gasteiger partial charge in [-0.1, -0.05) is 74.5 Å². The number of aliphatic hydroxyl groups excluding tert-OH is 2. The van der Waals surface area contributed by atoms with Gasteiger partial charge in [-0.15, -0.1) is 0 Å². The molecule has 3 fully saturated rings. The SMILES string of the molecule is CC(=O)O[C@@]12CO[C@@H]1C[C@H](O)[C@@]1(C)C(=O)[C@H](O)C3=C(C)[C@@H](OC(=O)[C@H](C)[C@@H](NC(=O)OC(C)(C)C)c4ccccc4)C[C@@](O)([C@@H](CC(=O)c4ccccc4)[C@H]21)C3(C)C. The van der Waals surface area contributed by atoms with E-state index in [9.17, 15) is 34.5 Å². The van der Waals surface area contributed by atoms with Crippen LogP contribution in [0.2, 0.25) is 0 Å². The second kappa shape index (κ2) is 15.3. The third kappa shape index (κ3) is 7.18. The summed E-state index contributed by atoms with van der Waals surface area (Å²) in [5, 5.41) is 40.6. The number of hydrogen-bond acceptors (Lipinski definition) is 12. The van der Waals surface area contributed by atoms with Crippen LogP contribution < -0.4 is 5.32 Å². The summed E-state index contributed by atoms with van der Waals surface area (Å²) in [5.74, 6) is -6.10. The number of aliphatic hydroxyl groups is 3. The molecule has 0 radical (unpaired) electrons. The van der Waals surface area contributed by atoms with E-state index < -0.39 is 99.7 Å². The summed E-state index contributed by atoms with van der Waals surface area (Å²) in [6.45, 7) is 14.3. The predicted molar refractivity (Wildman–Crippen MR) is 210 cm³/mol. The summed E-state index contributed by atoms with van der Waals surface area (Å²) in [4.78, 5) is 69.7. The van der Waals surface area contributed by atoms with Crippen molar-refractivity contribution in [3.63, 3.8) is 0 Å². The van der Waals surface area contributed by atoms with Gasteiger partial charge in [0.1, 0.15) is 23.9 Å². The van der Waals surface area contributed by atoms with Crippen LogP contribution in [0.15, 0.2) is 71.8 Å². The van der Waals surface area contributed by atoms with Crippen LogP contribution in [0.1, 0.15) is 104 Å². The molecule has 1 saturated heterocycles. The van der Waals surface area contributed by atoms with Crippen molar-refractivity contribution in [3.8, 4) is 0 Å². The van der Waals surface area contributed by atoms with Crippen molar-refractivity contribution >= 4 is 29.6 Å². The third-order valence-electron chi connectivity index (χ3n) is 13.4. The molecule has 4 N–H and O–H groups in total. The van der Waals surface area contributed by atoms with Gasteiger partial charge in [0.25, 0.3) is 0 Å². The minimum absolute atomic E-state index is 0.0979. The van der Waals surface area contributed by atoms with E-state index in [1.807, 2.05) is 0 Å². The maximum atomic E-state index is 15.0. The number of carbonyl (C=O) groups excluding carboxylic acids is 5. The van der Waals surface area contributed by atoms with Crippen LogP contribution in [-0.2, 0) is 33.3 Å². The minimum atomic E-state index is -2.05. The van der Waals surface area contributed by atoms with E-state index >= 15 is 4.79 Å². The Morgan fingerprint density at radius 3 is 2.14 bits per heavy atom. The van der Waals surface area contributed by atoms with Crippen molar-refractivity contribution < 1.29 is 58.2 Å². The fraction of sp³-hybridized carbons (Fsp3) is 0.578. The van der Waals surface area contributed by atoms with Crippen LogP contribution in [0.4, 0.5) is 4.79 Å². The van der Waals surface area contributed by atoms with Crippen LogP contribution in [0.25, 0.3) is 0 Å². The van der Waals surface area contributed by atoms with Gasteiger partial charge in [0.2, 0.25) is 0 Å². The van der Waals surface area contributed by atoms with Gasteiger partial charge in [0, 0.05) is 49.0 Å². The van der Waals surface area contributed by atoms with Crippen LogP contribution in [0, 0.1) is 28.6 Å². The average molecular weight is 804 g/mol. The van der Waals surface area contributed by atoms with E-state index in [2.05, 4.69) is 5.32 Å². The van der Waals surface area contributed by atoms with Crippen LogP contribution in [-0.4, -0.2) is 92.7 Å². The first-order valence-electron chi connectivity index (χ1n) is 20.0. The Bertz CT molecular complexity index is 1970. The normalized spacial score (nSPS) is 33.8. The number of amides is 1. The first-order valence-corrected chi connectivity index (χ1v) is 20.0. The molecule has 13 heteroatoms. The molecule has 0 unspecified atom stereocenters. The Labute approximate surface area is 339 Å². The zero-order valence-corrected chi connectivity index (χ0v) is 34.7. The number of nitrogens with one attached hydrogen (secondary N) is 1. The van der Waals surface area contributed by atoms with E-state index in [1.165, 1.54) is 13.8 Å². The van der Waals surface area contributed by atoms with Gasteiger partial charge < -0.3 is 39.6 Å². The summed E-state index contributed by atoms with van der Waals surface area (Å²) >= 11 is 0. The summed E-state index contributed by atoms with van der Waals surface area (Å²) in [5.41, 5.74) is -6.37. The molecule has 1 heterocycles. The van der Waals surface area contributed by atoms with E-state index in [-0.39, 0.29) is 37.2 Å². The molecule has 0 spiro atoms. The molecule has 0 aromatic heterocycles. The average Bonchev–Trinajstić information content (AvgIpc) is 3.14. The molecular formula is C45H57NO12. The lowest BCUT2D eigenvalue weighted by atomic mass is 9.42. The number of esters is 2. The van der Waals surface area contributed by atoms with E-state index in [0.29, 0.717) is 16.7 Å². The van der Waals surface area contributed by atoms with Crippen molar-refractivity contribution in [2.24, 2.45) is 28.6 Å². The molecule has 2 aromatic rings. The Morgan fingerprint density at radius 2 is 1.59 bits per heavy atom. The number of Topliss-reactive ketones (excluding diaryl/α,β-unsaturated/α-hetero) is 2. The molecule has 2 saturated carbocycles. The summed E-state index contributed by atoms with van der Waals surface area (Å²) in [6.07, 6.45) is -6.93. The maximum Gasteiger partial charge on any atom is 0.408 e. The standard InChI is InChI=1S/C45H57NO12/c1-24-31(56-39(52)25(2)35(28-18-14-11-15-19-28)46-40(53)58-41(4,5)6)22-45(54)29(20-30(48)27-16-12-10-13-17-27)37-43(9,38(51)36(50)34(24)42(45,7)8)32(49)21-33-44(37,23-55-33)57-26(3)47/h10-19,25,29,31-33,35-37,49-50,54H,20-23H2,1-9H3,(H,46,53)/t25-,29+,31+,32+,33-,35-,36-,37+,43-,44+,45-/m1/s1. The number of fused-ring (bicyclic) bond motifs is 5. The molecular weight excluding hydrogens is 746 g/mol. The smallest absolute Gasteiger partial charge is 0.408 e. The Morgan fingerprint density at radius 1 is 0.983 bits per heavy atom. The molecule has 3 aliphatic carbocycles. The highest BCUT2D eigenvalue weighted by molar-refractivity contribution is 5.97. The molecule has 58 heavy (non-hydrogen) atoms. The number of hydrogen-bond donors (Lipinski definition) is 4. The van der Waals surface area contributed by atoms with Crippen LogP contribution >= 0.6 is 0 Å². The summed E-state index contributed by atoms with van der Waals surface area (Å²) in [7, 11) is 0. The Balaban J connectivity index is 1.49. The molecule has 1 aliphatic heterocycles. The van der Waals surface area contributed by atoms with Crippen molar-refractivity contribution in [3.05, 3.63) is 82.9 Å². The first-order chi connectivity index (χ1) is 27.0. The second-order valence-corrected chi connectivity index (χ2v) is 18.3. The number of alkyl carbamates (subject to hydrolysis) is 1. The van der Waals surface area contributed by atoms with Gasteiger partial charge in [-0.3, -0.25) is 19.2 Å². The molecule has 2 aromatic carbocycles.